The molecule has 3 heterocycles. The molecule has 1 saturated heterocycles. The number of ketones is 1. The number of ether oxygens (including phenoxy) is 1. The average molecular weight is 583 g/mol. The zero-order chi connectivity index (χ0) is 30.4. The highest BCUT2D eigenvalue weighted by Gasteiger charge is 2.43. The monoisotopic (exact) mass is 582 g/mol. The van der Waals surface area contributed by atoms with E-state index in [2.05, 4.69) is 22.3 Å². The van der Waals surface area contributed by atoms with Crippen LogP contribution in [0.3, 0.4) is 0 Å². The number of anilines is 1. The molecule has 1 fully saturated rings. The van der Waals surface area contributed by atoms with E-state index in [1.165, 1.54) is 4.90 Å². The van der Waals surface area contributed by atoms with Crippen LogP contribution in [0.15, 0.2) is 52.7 Å². The van der Waals surface area contributed by atoms with Crippen molar-refractivity contribution in [3.8, 4) is 5.75 Å². The van der Waals surface area contributed by atoms with Crippen LogP contribution in [0, 0.1) is 20.8 Å². The van der Waals surface area contributed by atoms with Crippen molar-refractivity contribution in [2.24, 2.45) is 4.99 Å². The lowest BCUT2D eigenvalue weighted by molar-refractivity contribution is -0.114. The first-order valence-electron chi connectivity index (χ1n) is 15.0. The topological polar surface area (TPSA) is 112 Å². The quantitative estimate of drug-likeness (QED) is 0.392. The third kappa shape index (κ3) is 5.43. The maximum atomic E-state index is 13.6. The zero-order valence-electron chi connectivity index (χ0n) is 25.2. The van der Waals surface area contributed by atoms with E-state index in [4.69, 9.17) is 4.74 Å². The second-order valence-corrected chi connectivity index (χ2v) is 12.1. The van der Waals surface area contributed by atoms with Crippen molar-refractivity contribution in [1.82, 2.24) is 9.80 Å². The molecule has 43 heavy (non-hydrogen) atoms. The predicted molar refractivity (Wildman–Crippen MR) is 165 cm³/mol. The minimum atomic E-state index is -0.853. The van der Waals surface area contributed by atoms with Crippen LogP contribution in [0.25, 0.3) is 0 Å². The number of carbonyl (C=O) groups excluding carboxylic acids is 3. The molecule has 0 radical (unpaired) electrons. The van der Waals surface area contributed by atoms with E-state index in [1.54, 1.807) is 6.08 Å². The van der Waals surface area contributed by atoms with Crippen LogP contribution in [0.5, 0.6) is 5.75 Å². The maximum Gasteiger partial charge on any atom is 0.262 e. The van der Waals surface area contributed by atoms with Crippen LogP contribution in [-0.4, -0.2) is 83.7 Å². The number of nitrogens with one attached hydrogen (secondary N) is 1. The van der Waals surface area contributed by atoms with Crippen LogP contribution in [0.1, 0.15) is 62.2 Å². The van der Waals surface area contributed by atoms with E-state index >= 15 is 0 Å². The Morgan fingerprint density at radius 3 is 2.60 bits per heavy atom. The van der Waals surface area contributed by atoms with Crippen molar-refractivity contribution in [2.45, 2.75) is 58.6 Å². The van der Waals surface area contributed by atoms with E-state index in [9.17, 15) is 19.5 Å². The molecule has 6 rings (SSSR count). The van der Waals surface area contributed by atoms with Crippen molar-refractivity contribution in [3.05, 3.63) is 81.1 Å². The largest absolute Gasteiger partial charge is 0.491 e. The van der Waals surface area contributed by atoms with Crippen molar-refractivity contribution in [2.75, 3.05) is 38.6 Å². The van der Waals surface area contributed by atoms with E-state index in [0.717, 1.165) is 59.6 Å². The van der Waals surface area contributed by atoms with Crippen LogP contribution < -0.4 is 10.1 Å². The Bertz CT molecular complexity index is 1610. The van der Waals surface area contributed by atoms with E-state index in [-0.39, 0.29) is 43.2 Å². The summed E-state index contributed by atoms with van der Waals surface area (Å²) < 4.78 is 5.81. The van der Waals surface area contributed by atoms with Gasteiger partial charge in [0.05, 0.1) is 29.0 Å². The molecule has 0 unspecified atom stereocenters. The molecule has 1 aliphatic carbocycles. The van der Waals surface area contributed by atoms with Crippen molar-refractivity contribution in [3.63, 3.8) is 0 Å². The molecule has 0 aromatic heterocycles. The van der Waals surface area contributed by atoms with Gasteiger partial charge in [0.15, 0.2) is 5.78 Å². The first-order chi connectivity index (χ1) is 20.6. The molecule has 9 nitrogen and oxygen atoms in total. The molecule has 0 saturated carbocycles. The van der Waals surface area contributed by atoms with Crippen LogP contribution in [0.4, 0.5) is 5.69 Å². The van der Waals surface area contributed by atoms with Gasteiger partial charge in [0, 0.05) is 30.3 Å². The Labute approximate surface area is 251 Å². The Morgan fingerprint density at radius 1 is 1.09 bits per heavy atom. The molecule has 9 heteroatoms. The second-order valence-electron chi connectivity index (χ2n) is 12.1. The summed E-state index contributed by atoms with van der Waals surface area (Å²) in [5.74, 6) is 0.198. The number of imide groups is 1. The average Bonchev–Trinajstić information content (AvgIpc) is 3.50. The molecule has 224 valence electrons. The lowest BCUT2D eigenvalue weighted by atomic mass is 9.93. The number of hydrogen-bond acceptors (Lipinski definition) is 8. The van der Waals surface area contributed by atoms with Gasteiger partial charge in [0.2, 0.25) is 0 Å². The number of aryl methyl sites for hydroxylation is 2. The first-order valence-corrected chi connectivity index (χ1v) is 15.0. The number of rotatable bonds is 6. The molecular weight excluding hydrogens is 544 g/mol. The van der Waals surface area contributed by atoms with Gasteiger partial charge in [-0.25, -0.2) is 0 Å². The number of hydrogen-bond donors (Lipinski definition) is 2. The fourth-order valence-electron chi connectivity index (χ4n) is 6.57. The summed E-state index contributed by atoms with van der Waals surface area (Å²) in [6, 6.07) is 7.62. The van der Waals surface area contributed by atoms with Crippen LogP contribution in [0.2, 0.25) is 0 Å². The lowest BCUT2D eigenvalue weighted by Crippen LogP contribution is -2.46. The first kappa shape index (κ1) is 29.0. The summed E-state index contributed by atoms with van der Waals surface area (Å²) in [6.45, 7) is 7.71. The zero-order valence-corrected chi connectivity index (χ0v) is 25.2. The van der Waals surface area contributed by atoms with E-state index < -0.39 is 6.10 Å². The summed E-state index contributed by atoms with van der Waals surface area (Å²) >= 11 is 0. The maximum absolute atomic E-state index is 13.6. The number of allylic oxidation sites excluding steroid dienone is 4. The fourth-order valence-corrected chi connectivity index (χ4v) is 6.57. The number of nitrogens with zero attached hydrogens (tertiary/aromatic N) is 3. The minimum Gasteiger partial charge on any atom is -0.491 e. The third-order valence-corrected chi connectivity index (χ3v) is 8.89. The summed E-state index contributed by atoms with van der Waals surface area (Å²) in [5, 5.41) is 14.0. The summed E-state index contributed by atoms with van der Waals surface area (Å²) in [4.78, 5) is 48.5. The van der Waals surface area contributed by atoms with Gasteiger partial charge in [0.1, 0.15) is 18.5 Å². The fraction of sp³-hybridized carbons (Fsp3) is 0.412. The molecule has 2 amide bonds. The number of benzene rings is 2. The summed E-state index contributed by atoms with van der Waals surface area (Å²) in [6.07, 6.45) is 4.97. The number of Topliss-reactive ketones (excluding diaryl/α,β-unsaturated/α-hetero) is 1. The van der Waals surface area contributed by atoms with Gasteiger partial charge in [-0.15, -0.1) is 0 Å². The summed E-state index contributed by atoms with van der Waals surface area (Å²) in [5.41, 5.74) is 7.11. The predicted octanol–water partition coefficient (Wildman–Crippen LogP) is 3.93. The SMILES string of the molecule is Cc1ccc(OC[C@H](O)CN=C2C=CCC(=O)C2=C2Cc3cc4c(c(C)c3N2)C(=O)N(C2CCN(C)CC2)C4=O)c(C)c1. The van der Waals surface area contributed by atoms with Gasteiger partial charge in [-0.2, -0.15) is 0 Å². The number of aliphatic hydroxyl groups is 1. The number of fused-ring (bicyclic) bond motifs is 2. The highest BCUT2D eigenvalue weighted by Crippen LogP contribution is 2.41. The Kier molecular flexibility index (Phi) is 7.79. The smallest absolute Gasteiger partial charge is 0.262 e. The molecular formula is C34H38N4O5. The molecule has 2 aromatic rings. The number of aliphatic hydroxyl groups excluding tert-OH is 1. The van der Waals surface area contributed by atoms with Crippen molar-refractivity contribution < 1.29 is 24.2 Å². The number of piperidine rings is 1. The Hall–Kier alpha value is -4.08. The minimum absolute atomic E-state index is 0.0663. The summed E-state index contributed by atoms with van der Waals surface area (Å²) in [7, 11) is 2.05. The lowest BCUT2D eigenvalue weighted by Gasteiger charge is -2.33. The highest BCUT2D eigenvalue weighted by atomic mass is 16.5. The molecule has 2 aromatic carbocycles. The standard InChI is InChI=1S/C34H38N4O5/c1-19-8-9-29(20(2)14-19)43-18-24(39)17-35-26-6-5-7-28(40)31(26)27-16-22-15-25-30(21(3)32(22)36-27)34(42)38(33(25)41)23-10-12-37(4)13-11-23/h5-6,8-9,14-15,23-24,36,39H,7,10-13,16-18H2,1-4H3/t24-/m1/s1. The number of carbonyl (C=O) groups is 3. The van der Waals surface area contributed by atoms with Gasteiger partial charge in [-0.3, -0.25) is 24.3 Å². The molecule has 0 bridgehead atoms. The Balaban J connectivity index is 1.21. The van der Waals surface area contributed by atoms with Gasteiger partial charge in [-0.05, 0) is 88.6 Å². The molecule has 1 atom stereocenters. The Morgan fingerprint density at radius 2 is 1.86 bits per heavy atom. The van der Waals surface area contributed by atoms with Crippen molar-refractivity contribution >= 4 is 29.0 Å². The van der Waals surface area contributed by atoms with E-state index in [0.29, 0.717) is 34.5 Å². The number of amides is 2. The van der Waals surface area contributed by atoms with Gasteiger partial charge < -0.3 is 20.1 Å². The van der Waals surface area contributed by atoms with Gasteiger partial charge >= 0.3 is 0 Å². The number of aliphatic imine (C=N–C) groups is 1. The number of likely N-dealkylation sites (tertiary alicyclic amines) is 1. The van der Waals surface area contributed by atoms with Crippen LogP contribution in [-0.2, 0) is 11.2 Å². The molecule has 2 N–H and O–H groups in total. The molecule has 4 aliphatic rings. The molecule has 3 aliphatic heterocycles. The van der Waals surface area contributed by atoms with E-state index in [1.807, 2.05) is 51.1 Å². The highest BCUT2D eigenvalue weighted by molar-refractivity contribution is 6.29. The third-order valence-electron chi connectivity index (χ3n) is 8.89. The van der Waals surface area contributed by atoms with Crippen molar-refractivity contribution in [1.29, 1.82) is 0 Å². The van der Waals surface area contributed by atoms with Gasteiger partial charge in [-0.1, -0.05) is 23.8 Å². The molecule has 0 spiro atoms. The normalized spacial score (nSPS) is 22.3. The van der Waals surface area contributed by atoms with Crippen LogP contribution >= 0.6 is 0 Å². The second kappa shape index (κ2) is 11.5. The van der Waals surface area contributed by atoms with Gasteiger partial charge in [0.25, 0.3) is 11.8 Å².